The summed E-state index contributed by atoms with van der Waals surface area (Å²) in [5.41, 5.74) is 0.774. The molecule has 29 heavy (non-hydrogen) atoms. The molecule has 2 rings (SSSR count). The van der Waals surface area contributed by atoms with Gasteiger partial charge in [-0.05, 0) is 58.2 Å². The van der Waals surface area contributed by atoms with Gasteiger partial charge in [0.15, 0.2) is 0 Å². The SMILES string of the molecule is CN(CC(=O)NC(C)(C)C)C(=O)CNc1ccc(C(=O)N2CCCCC2)c(Cl)c1. The zero-order valence-corrected chi connectivity index (χ0v) is 18.4. The van der Waals surface area contributed by atoms with Crippen molar-refractivity contribution in [3.63, 3.8) is 0 Å². The molecular formula is C21H31ClN4O3. The number of nitrogens with one attached hydrogen (secondary N) is 2. The number of carbonyl (C=O) groups excluding carboxylic acids is 3. The number of nitrogens with zero attached hydrogens (tertiary/aromatic N) is 2. The Balaban J connectivity index is 1.88. The van der Waals surface area contributed by atoms with Crippen molar-refractivity contribution in [1.29, 1.82) is 0 Å². The van der Waals surface area contributed by atoms with Crippen LogP contribution >= 0.6 is 11.6 Å². The molecule has 0 unspecified atom stereocenters. The van der Waals surface area contributed by atoms with E-state index in [1.807, 2.05) is 25.7 Å². The third kappa shape index (κ3) is 7.24. The Morgan fingerprint density at radius 1 is 1.14 bits per heavy atom. The molecule has 0 bridgehead atoms. The Labute approximate surface area is 177 Å². The maximum absolute atomic E-state index is 12.6. The van der Waals surface area contributed by atoms with Gasteiger partial charge in [0.2, 0.25) is 11.8 Å². The topological polar surface area (TPSA) is 81.8 Å². The zero-order chi connectivity index (χ0) is 21.6. The van der Waals surface area contributed by atoms with Gasteiger partial charge in [-0.15, -0.1) is 0 Å². The van der Waals surface area contributed by atoms with Crippen molar-refractivity contribution in [3.05, 3.63) is 28.8 Å². The molecule has 0 aromatic heterocycles. The highest BCUT2D eigenvalue weighted by molar-refractivity contribution is 6.34. The van der Waals surface area contributed by atoms with Crippen molar-refractivity contribution in [2.24, 2.45) is 0 Å². The molecule has 0 atom stereocenters. The maximum Gasteiger partial charge on any atom is 0.255 e. The molecule has 8 heteroatoms. The molecular weight excluding hydrogens is 392 g/mol. The Hall–Kier alpha value is -2.28. The molecule has 7 nitrogen and oxygen atoms in total. The Morgan fingerprint density at radius 2 is 1.79 bits per heavy atom. The van der Waals surface area contributed by atoms with Gasteiger partial charge in [0.05, 0.1) is 23.7 Å². The average molecular weight is 423 g/mol. The lowest BCUT2D eigenvalue weighted by Gasteiger charge is -2.27. The van der Waals surface area contributed by atoms with Crippen LogP contribution in [0, 0.1) is 0 Å². The monoisotopic (exact) mass is 422 g/mol. The number of carbonyl (C=O) groups is 3. The summed E-state index contributed by atoms with van der Waals surface area (Å²) in [5.74, 6) is -0.488. The van der Waals surface area contributed by atoms with Crippen LogP contribution in [0.25, 0.3) is 0 Å². The molecule has 0 aliphatic carbocycles. The number of piperidine rings is 1. The number of amides is 3. The third-order valence-electron chi connectivity index (χ3n) is 4.61. The maximum atomic E-state index is 12.6. The lowest BCUT2D eigenvalue weighted by Crippen LogP contribution is -2.47. The van der Waals surface area contributed by atoms with Gasteiger partial charge in [-0.2, -0.15) is 0 Å². The summed E-state index contributed by atoms with van der Waals surface area (Å²) in [6, 6.07) is 5.08. The first kappa shape index (κ1) is 23.0. The quantitative estimate of drug-likeness (QED) is 0.738. The summed E-state index contributed by atoms with van der Waals surface area (Å²) in [5, 5.41) is 6.18. The van der Waals surface area contributed by atoms with E-state index >= 15 is 0 Å². The van der Waals surface area contributed by atoms with E-state index in [0.29, 0.717) is 16.3 Å². The van der Waals surface area contributed by atoms with Crippen molar-refractivity contribution in [1.82, 2.24) is 15.1 Å². The minimum absolute atomic E-state index is 0.0121. The summed E-state index contributed by atoms with van der Waals surface area (Å²) < 4.78 is 0. The van der Waals surface area contributed by atoms with Gasteiger partial charge in [0.25, 0.3) is 5.91 Å². The minimum atomic E-state index is -0.344. The second kappa shape index (κ2) is 9.96. The largest absolute Gasteiger partial charge is 0.376 e. The first-order valence-corrected chi connectivity index (χ1v) is 10.3. The average Bonchev–Trinajstić information content (AvgIpc) is 2.64. The third-order valence-corrected chi connectivity index (χ3v) is 4.92. The van der Waals surface area contributed by atoms with Crippen LogP contribution in [-0.4, -0.2) is 66.3 Å². The fraction of sp³-hybridized carbons (Fsp3) is 0.571. The lowest BCUT2D eigenvalue weighted by atomic mass is 10.1. The molecule has 0 spiro atoms. The second-order valence-corrected chi connectivity index (χ2v) is 8.86. The van der Waals surface area contributed by atoms with Gasteiger partial charge in [-0.1, -0.05) is 11.6 Å². The molecule has 1 aromatic rings. The molecule has 3 amide bonds. The van der Waals surface area contributed by atoms with E-state index < -0.39 is 0 Å². The van der Waals surface area contributed by atoms with E-state index in [2.05, 4.69) is 10.6 Å². The van der Waals surface area contributed by atoms with Crippen LogP contribution in [0.15, 0.2) is 18.2 Å². The molecule has 0 saturated carbocycles. The molecule has 1 heterocycles. The standard InChI is InChI=1S/C21H31ClN4O3/c1-21(2,3)24-18(27)14-25(4)19(28)13-23-15-8-9-16(17(22)12-15)20(29)26-10-6-5-7-11-26/h8-9,12,23H,5-7,10-11,13-14H2,1-4H3,(H,24,27). The Bertz CT molecular complexity index is 755. The fourth-order valence-corrected chi connectivity index (χ4v) is 3.40. The van der Waals surface area contributed by atoms with Crippen LogP contribution in [-0.2, 0) is 9.59 Å². The van der Waals surface area contributed by atoms with Crippen molar-refractivity contribution in [2.45, 2.75) is 45.6 Å². The first-order chi connectivity index (χ1) is 13.6. The summed E-state index contributed by atoms with van der Waals surface area (Å²) in [4.78, 5) is 40.0. The van der Waals surface area contributed by atoms with Crippen LogP contribution in [0.1, 0.15) is 50.4 Å². The van der Waals surface area contributed by atoms with Crippen molar-refractivity contribution >= 4 is 35.0 Å². The Kier molecular flexibility index (Phi) is 7.90. The predicted molar refractivity (Wildman–Crippen MR) is 115 cm³/mol. The van der Waals surface area contributed by atoms with E-state index in [9.17, 15) is 14.4 Å². The van der Waals surface area contributed by atoms with Crippen LogP contribution in [0.4, 0.5) is 5.69 Å². The number of hydrogen-bond acceptors (Lipinski definition) is 4. The molecule has 1 fully saturated rings. The second-order valence-electron chi connectivity index (χ2n) is 8.45. The smallest absolute Gasteiger partial charge is 0.255 e. The fourth-order valence-electron chi connectivity index (χ4n) is 3.14. The number of hydrogen-bond donors (Lipinski definition) is 2. The minimum Gasteiger partial charge on any atom is -0.376 e. The molecule has 1 saturated heterocycles. The van der Waals surface area contributed by atoms with Crippen molar-refractivity contribution in [3.8, 4) is 0 Å². The van der Waals surface area contributed by atoms with Crippen LogP contribution in [0.2, 0.25) is 5.02 Å². The molecule has 1 aliphatic rings. The molecule has 2 N–H and O–H groups in total. The van der Waals surface area contributed by atoms with Gasteiger partial charge in [0.1, 0.15) is 0 Å². The van der Waals surface area contributed by atoms with Gasteiger partial charge < -0.3 is 20.4 Å². The van der Waals surface area contributed by atoms with Crippen LogP contribution in [0.3, 0.4) is 0 Å². The zero-order valence-electron chi connectivity index (χ0n) is 17.7. The van der Waals surface area contributed by atoms with Gasteiger partial charge in [-0.3, -0.25) is 14.4 Å². The normalized spacial score (nSPS) is 14.3. The summed E-state index contributed by atoms with van der Waals surface area (Å²) >= 11 is 6.32. The summed E-state index contributed by atoms with van der Waals surface area (Å²) in [7, 11) is 1.58. The van der Waals surface area contributed by atoms with Crippen LogP contribution in [0.5, 0.6) is 0 Å². The number of likely N-dealkylation sites (tertiary alicyclic amines) is 1. The number of benzene rings is 1. The predicted octanol–water partition coefficient (Wildman–Crippen LogP) is 2.75. The van der Waals surface area contributed by atoms with Crippen molar-refractivity contribution < 1.29 is 14.4 Å². The number of likely N-dealkylation sites (N-methyl/N-ethyl adjacent to an activating group) is 1. The summed E-state index contributed by atoms with van der Waals surface area (Å²) in [6.45, 7) is 7.20. The van der Waals surface area contributed by atoms with Gasteiger partial charge in [0, 0.05) is 31.4 Å². The van der Waals surface area contributed by atoms with Crippen molar-refractivity contribution in [2.75, 3.05) is 38.5 Å². The van der Waals surface area contributed by atoms with Gasteiger partial charge in [-0.25, -0.2) is 0 Å². The summed E-state index contributed by atoms with van der Waals surface area (Å²) in [6.07, 6.45) is 3.19. The van der Waals surface area contributed by atoms with E-state index in [0.717, 1.165) is 32.4 Å². The number of anilines is 1. The van der Waals surface area contributed by atoms with Crippen LogP contribution < -0.4 is 10.6 Å². The highest BCUT2D eigenvalue weighted by atomic mass is 35.5. The van der Waals surface area contributed by atoms with E-state index in [4.69, 9.17) is 11.6 Å². The molecule has 1 aromatic carbocycles. The first-order valence-electron chi connectivity index (χ1n) is 9.94. The molecule has 1 aliphatic heterocycles. The van der Waals surface area contributed by atoms with Gasteiger partial charge >= 0.3 is 0 Å². The van der Waals surface area contributed by atoms with E-state index in [1.54, 1.807) is 25.2 Å². The number of halogens is 1. The number of rotatable bonds is 6. The highest BCUT2D eigenvalue weighted by Crippen LogP contribution is 2.23. The molecule has 0 radical (unpaired) electrons. The lowest BCUT2D eigenvalue weighted by molar-refractivity contribution is -0.133. The highest BCUT2D eigenvalue weighted by Gasteiger charge is 2.21. The Morgan fingerprint density at radius 3 is 2.38 bits per heavy atom. The van der Waals surface area contributed by atoms with E-state index in [1.165, 1.54) is 4.90 Å². The van der Waals surface area contributed by atoms with E-state index in [-0.39, 0.29) is 36.3 Å². The molecule has 160 valence electrons.